The van der Waals surface area contributed by atoms with Gasteiger partial charge in [-0.2, -0.15) is 4.98 Å². The molecule has 0 aliphatic carbocycles. The van der Waals surface area contributed by atoms with Gasteiger partial charge in [-0.25, -0.2) is 0 Å². The fraction of sp³-hybridized carbons (Fsp3) is 0.450. The number of carbonyl (C=O) groups is 3. The zero-order valence-electron chi connectivity index (χ0n) is 16.5. The first-order chi connectivity index (χ1) is 13.9. The monoisotopic (exact) mass is 399 g/mol. The summed E-state index contributed by atoms with van der Waals surface area (Å²) < 4.78 is 5.16. The SMILES string of the molecule is CC(C)c1noc(CCCNC(=O)CC[C@H]2NC(=O)c3ccccc3NC2=O)n1. The molecule has 2 aromatic rings. The number of anilines is 1. The van der Waals surface area contributed by atoms with Gasteiger partial charge in [-0.1, -0.05) is 31.1 Å². The summed E-state index contributed by atoms with van der Waals surface area (Å²) in [7, 11) is 0. The Balaban J connectivity index is 1.40. The highest BCUT2D eigenvalue weighted by molar-refractivity contribution is 6.09. The molecule has 1 aliphatic heterocycles. The predicted molar refractivity (Wildman–Crippen MR) is 105 cm³/mol. The Morgan fingerprint density at radius 2 is 2.07 bits per heavy atom. The lowest BCUT2D eigenvalue weighted by atomic mass is 10.1. The van der Waals surface area contributed by atoms with E-state index in [0.29, 0.717) is 42.4 Å². The number of aryl methyl sites for hydroxylation is 1. The van der Waals surface area contributed by atoms with Crippen LogP contribution in [0.15, 0.2) is 28.8 Å². The van der Waals surface area contributed by atoms with E-state index in [0.717, 1.165) is 0 Å². The maximum atomic E-state index is 12.3. The van der Waals surface area contributed by atoms with Gasteiger partial charge in [-0.3, -0.25) is 14.4 Å². The quantitative estimate of drug-likeness (QED) is 0.581. The molecule has 154 valence electrons. The van der Waals surface area contributed by atoms with Crippen LogP contribution in [0.5, 0.6) is 0 Å². The third kappa shape index (κ3) is 5.40. The summed E-state index contributed by atoms with van der Waals surface area (Å²) in [5.41, 5.74) is 0.887. The Hall–Kier alpha value is -3.23. The third-order valence-corrected chi connectivity index (χ3v) is 4.60. The predicted octanol–water partition coefficient (Wildman–Crippen LogP) is 1.77. The van der Waals surface area contributed by atoms with Crippen molar-refractivity contribution in [1.82, 2.24) is 20.8 Å². The molecule has 3 amide bonds. The van der Waals surface area contributed by atoms with E-state index < -0.39 is 6.04 Å². The molecule has 0 fully saturated rings. The highest BCUT2D eigenvalue weighted by Gasteiger charge is 2.27. The van der Waals surface area contributed by atoms with Crippen LogP contribution in [0.3, 0.4) is 0 Å². The van der Waals surface area contributed by atoms with E-state index in [9.17, 15) is 14.4 Å². The molecule has 0 bridgehead atoms. The number of rotatable bonds is 8. The second kappa shape index (κ2) is 9.31. The number of nitrogens with zero attached hydrogens (tertiary/aromatic N) is 2. The Kier molecular flexibility index (Phi) is 6.58. The zero-order chi connectivity index (χ0) is 20.8. The maximum Gasteiger partial charge on any atom is 0.254 e. The molecule has 1 aromatic carbocycles. The molecule has 3 N–H and O–H groups in total. The van der Waals surface area contributed by atoms with Gasteiger partial charge in [-0.15, -0.1) is 0 Å². The lowest BCUT2D eigenvalue weighted by Crippen LogP contribution is -2.42. The van der Waals surface area contributed by atoms with E-state index >= 15 is 0 Å². The lowest BCUT2D eigenvalue weighted by Gasteiger charge is -2.14. The number of benzene rings is 1. The molecule has 0 radical (unpaired) electrons. The van der Waals surface area contributed by atoms with Gasteiger partial charge in [0.05, 0.1) is 11.3 Å². The van der Waals surface area contributed by atoms with Crippen LogP contribution in [-0.2, 0) is 16.0 Å². The molecule has 0 saturated carbocycles. The average molecular weight is 399 g/mol. The number of amides is 3. The molecule has 29 heavy (non-hydrogen) atoms. The van der Waals surface area contributed by atoms with Crippen molar-refractivity contribution in [2.45, 2.75) is 51.5 Å². The van der Waals surface area contributed by atoms with Gasteiger partial charge < -0.3 is 20.5 Å². The van der Waals surface area contributed by atoms with Crippen molar-refractivity contribution in [3.8, 4) is 0 Å². The minimum absolute atomic E-state index is 0.132. The largest absolute Gasteiger partial charge is 0.356 e. The smallest absolute Gasteiger partial charge is 0.254 e. The molecule has 9 nitrogen and oxygen atoms in total. The second-order valence-corrected chi connectivity index (χ2v) is 7.25. The molecule has 1 atom stereocenters. The standard InChI is InChI=1S/C20H25N5O4/c1-12(2)18-24-17(29-25-18)8-5-11-21-16(26)10-9-15-20(28)22-14-7-4-3-6-13(14)19(27)23-15/h3-4,6-7,12,15H,5,8-11H2,1-2H3,(H,21,26)(H,22,28)(H,23,27)/t15-/m1/s1. The van der Waals surface area contributed by atoms with Crippen molar-refractivity contribution in [2.24, 2.45) is 0 Å². The van der Waals surface area contributed by atoms with Gasteiger partial charge in [-0.05, 0) is 25.0 Å². The normalized spacial score (nSPS) is 16.0. The number of aromatic nitrogens is 2. The summed E-state index contributed by atoms with van der Waals surface area (Å²) in [6, 6.07) is 6.05. The van der Waals surface area contributed by atoms with Crippen molar-refractivity contribution < 1.29 is 18.9 Å². The lowest BCUT2D eigenvalue weighted by molar-refractivity contribution is -0.121. The van der Waals surface area contributed by atoms with Crippen LogP contribution in [0.25, 0.3) is 0 Å². The number of hydrogen-bond donors (Lipinski definition) is 3. The van der Waals surface area contributed by atoms with E-state index in [1.807, 2.05) is 13.8 Å². The first kappa shape index (κ1) is 20.5. The van der Waals surface area contributed by atoms with Crippen molar-refractivity contribution in [2.75, 3.05) is 11.9 Å². The molecule has 0 unspecified atom stereocenters. The van der Waals surface area contributed by atoms with E-state index in [-0.39, 0.29) is 36.5 Å². The highest BCUT2D eigenvalue weighted by Crippen LogP contribution is 2.19. The maximum absolute atomic E-state index is 12.3. The Labute approximate surface area is 168 Å². The van der Waals surface area contributed by atoms with Crippen molar-refractivity contribution >= 4 is 23.4 Å². The first-order valence-electron chi connectivity index (χ1n) is 9.74. The van der Waals surface area contributed by atoms with Crippen LogP contribution in [0.4, 0.5) is 5.69 Å². The van der Waals surface area contributed by atoms with Gasteiger partial charge in [0.2, 0.25) is 17.7 Å². The van der Waals surface area contributed by atoms with Crippen LogP contribution in [0, 0.1) is 0 Å². The fourth-order valence-corrected chi connectivity index (χ4v) is 2.95. The summed E-state index contributed by atoms with van der Waals surface area (Å²) in [6.45, 7) is 4.45. The van der Waals surface area contributed by atoms with Crippen LogP contribution in [-0.4, -0.2) is 40.4 Å². The van der Waals surface area contributed by atoms with Crippen LogP contribution >= 0.6 is 0 Å². The molecule has 1 aromatic heterocycles. The summed E-state index contributed by atoms with van der Waals surface area (Å²) in [5, 5.41) is 12.1. The van der Waals surface area contributed by atoms with E-state index in [2.05, 4.69) is 26.1 Å². The van der Waals surface area contributed by atoms with E-state index in [4.69, 9.17) is 4.52 Å². The van der Waals surface area contributed by atoms with Gasteiger partial charge in [0, 0.05) is 25.3 Å². The topological polar surface area (TPSA) is 126 Å². The summed E-state index contributed by atoms with van der Waals surface area (Å²) in [5.74, 6) is 0.609. The van der Waals surface area contributed by atoms with E-state index in [1.165, 1.54) is 0 Å². The molecule has 3 rings (SSSR count). The third-order valence-electron chi connectivity index (χ3n) is 4.60. The van der Waals surface area contributed by atoms with Gasteiger partial charge >= 0.3 is 0 Å². The Bertz CT molecular complexity index is 893. The minimum Gasteiger partial charge on any atom is -0.356 e. The number of hydrogen-bond acceptors (Lipinski definition) is 6. The molecule has 2 heterocycles. The summed E-state index contributed by atoms with van der Waals surface area (Å²) in [4.78, 5) is 41.0. The minimum atomic E-state index is -0.756. The van der Waals surface area contributed by atoms with Crippen molar-refractivity contribution in [3.05, 3.63) is 41.5 Å². The number of carbonyl (C=O) groups excluding carboxylic acids is 3. The number of fused-ring (bicyclic) bond motifs is 1. The molecular weight excluding hydrogens is 374 g/mol. The van der Waals surface area contributed by atoms with Crippen LogP contribution < -0.4 is 16.0 Å². The molecule has 9 heteroatoms. The fourth-order valence-electron chi connectivity index (χ4n) is 2.95. The van der Waals surface area contributed by atoms with Gasteiger partial charge in [0.25, 0.3) is 5.91 Å². The number of nitrogens with one attached hydrogen (secondary N) is 3. The van der Waals surface area contributed by atoms with Gasteiger partial charge in [0.15, 0.2) is 5.82 Å². The molecule has 1 aliphatic rings. The summed E-state index contributed by atoms with van der Waals surface area (Å²) in [6.07, 6.45) is 1.60. The van der Waals surface area contributed by atoms with E-state index in [1.54, 1.807) is 24.3 Å². The van der Waals surface area contributed by atoms with Crippen LogP contribution in [0.2, 0.25) is 0 Å². The second-order valence-electron chi connectivity index (χ2n) is 7.25. The average Bonchev–Trinajstić information content (AvgIpc) is 3.13. The molecular formula is C20H25N5O4. The first-order valence-corrected chi connectivity index (χ1v) is 9.74. The Morgan fingerprint density at radius 1 is 1.28 bits per heavy atom. The number of para-hydroxylation sites is 1. The molecule has 0 spiro atoms. The van der Waals surface area contributed by atoms with Crippen molar-refractivity contribution in [3.63, 3.8) is 0 Å². The summed E-state index contributed by atoms with van der Waals surface area (Å²) >= 11 is 0. The Morgan fingerprint density at radius 3 is 2.83 bits per heavy atom. The van der Waals surface area contributed by atoms with Crippen molar-refractivity contribution in [1.29, 1.82) is 0 Å². The molecule has 0 saturated heterocycles. The van der Waals surface area contributed by atoms with Gasteiger partial charge in [0.1, 0.15) is 6.04 Å². The highest BCUT2D eigenvalue weighted by atomic mass is 16.5. The van der Waals surface area contributed by atoms with Crippen LogP contribution in [0.1, 0.15) is 61.1 Å². The zero-order valence-corrected chi connectivity index (χ0v) is 16.5.